The van der Waals surface area contributed by atoms with Gasteiger partial charge >= 0.3 is 11.9 Å². The first kappa shape index (κ1) is 41.5. The third kappa shape index (κ3) is 13.3. The van der Waals surface area contributed by atoms with E-state index in [4.69, 9.17) is 17.2 Å². The largest absolute Gasteiger partial charge is 0.481 e. The second-order valence-electron chi connectivity index (χ2n) is 13.0. The molecule has 0 radical (unpaired) electrons. The number of aliphatic imine (C=N–C) groups is 1. The highest BCUT2D eigenvalue weighted by Crippen LogP contribution is 2.20. The summed E-state index contributed by atoms with van der Waals surface area (Å²) in [5.74, 6) is -6.29. The lowest BCUT2D eigenvalue weighted by atomic mass is 10.0. The zero-order valence-electron chi connectivity index (χ0n) is 29.7. The summed E-state index contributed by atoms with van der Waals surface area (Å²) in [7, 11) is 0. The maximum atomic E-state index is 14.0. The van der Waals surface area contributed by atoms with Gasteiger partial charge < -0.3 is 53.7 Å². The number of carbonyl (C=O) groups is 6. The Bertz CT molecular complexity index is 1760. The van der Waals surface area contributed by atoms with Crippen LogP contribution in [0, 0.1) is 5.92 Å². The highest BCUT2D eigenvalue weighted by molar-refractivity contribution is 5.96. The minimum Gasteiger partial charge on any atom is -0.481 e. The summed E-state index contributed by atoms with van der Waals surface area (Å²) in [5, 5.41) is 30.2. The molecule has 4 amide bonds. The van der Waals surface area contributed by atoms with Crippen LogP contribution in [0.1, 0.15) is 50.7 Å². The number of aromatic amines is 1. The van der Waals surface area contributed by atoms with Gasteiger partial charge in [-0.05, 0) is 48.8 Å². The average Bonchev–Trinajstić information content (AvgIpc) is 3.52. The van der Waals surface area contributed by atoms with Gasteiger partial charge in [-0.15, -0.1) is 0 Å². The second kappa shape index (κ2) is 20.2. The number of aromatic nitrogens is 1. The van der Waals surface area contributed by atoms with E-state index in [0.717, 1.165) is 16.5 Å². The van der Waals surface area contributed by atoms with E-state index in [1.165, 1.54) is 0 Å². The van der Waals surface area contributed by atoms with Crippen molar-refractivity contribution in [3.8, 4) is 0 Å². The molecular weight excluding hydrogens is 686 g/mol. The zero-order chi connectivity index (χ0) is 39.1. The predicted molar refractivity (Wildman–Crippen MR) is 197 cm³/mol. The Morgan fingerprint density at radius 3 is 1.96 bits per heavy atom. The van der Waals surface area contributed by atoms with E-state index in [1.54, 1.807) is 50.4 Å². The van der Waals surface area contributed by atoms with Crippen LogP contribution in [0.5, 0.6) is 0 Å². The lowest BCUT2D eigenvalue weighted by molar-refractivity contribution is -0.143. The van der Waals surface area contributed by atoms with Crippen LogP contribution < -0.4 is 38.5 Å². The number of nitrogens with two attached hydrogens (primary N) is 3. The molecule has 1 aromatic heterocycles. The second-order valence-corrected chi connectivity index (χ2v) is 13.0. The van der Waals surface area contributed by atoms with E-state index in [1.807, 2.05) is 24.3 Å². The number of carboxylic acids is 2. The maximum absolute atomic E-state index is 14.0. The van der Waals surface area contributed by atoms with Gasteiger partial charge in [0.05, 0.1) is 6.04 Å². The zero-order valence-corrected chi connectivity index (χ0v) is 29.7. The number of guanidine groups is 1. The van der Waals surface area contributed by atoms with Crippen molar-refractivity contribution in [3.63, 3.8) is 0 Å². The van der Waals surface area contributed by atoms with Crippen LogP contribution in [0.15, 0.2) is 65.8 Å². The number of nitrogens with zero attached hydrogens (tertiary/aromatic N) is 1. The minimum absolute atomic E-state index is 0.0351. The maximum Gasteiger partial charge on any atom is 0.326 e. The molecule has 0 aliphatic carbocycles. The SMILES string of the molecule is CC(C)[C@H](NC(=O)[C@H](Cc1c[nH]c2ccccc12)NC(=O)[C@H](CCCN=C(N)N)NC(=O)[C@H](CCC(=O)O)NC(=O)[C@@H](N)Cc1ccccc1)C(=O)O. The monoisotopic (exact) mass is 735 g/mol. The van der Waals surface area contributed by atoms with Gasteiger partial charge in [-0.1, -0.05) is 62.4 Å². The van der Waals surface area contributed by atoms with Crippen molar-refractivity contribution in [2.24, 2.45) is 28.1 Å². The number of benzene rings is 2. The molecule has 2 aromatic carbocycles. The van der Waals surface area contributed by atoms with Crippen LogP contribution in [-0.4, -0.2) is 93.5 Å². The summed E-state index contributed by atoms with van der Waals surface area (Å²) in [5.41, 5.74) is 19.2. The Labute approximate surface area is 306 Å². The van der Waals surface area contributed by atoms with Crippen LogP contribution in [0.2, 0.25) is 0 Å². The van der Waals surface area contributed by atoms with Crippen molar-refractivity contribution in [2.75, 3.05) is 6.54 Å². The van der Waals surface area contributed by atoms with E-state index >= 15 is 0 Å². The smallest absolute Gasteiger partial charge is 0.326 e. The molecule has 0 fully saturated rings. The molecule has 0 spiro atoms. The van der Waals surface area contributed by atoms with Gasteiger partial charge in [-0.2, -0.15) is 0 Å². The fourth-order valence-corrected chi connectivity index (χ4v) is 5.59. The van der Waals surface area contributed by atoms with Crippen molar-refractivity contribution < 1.29 is 39.0 Å². The minimum atomic E-state index is -1.39. The fourth-order valence-electron chi connectivity index (χ4n) is 5.59. The van der Waals surface area contributed by atoms with Gasteiger partial charge in [-0.25, -0.2) is 4.79 Å². The van der Waals surface area contributed by atoms with Gasteiger partial charge in [0.2, 0.25) is 23.6 Å². The van der Waals surface area contributed by atoms with E-state index in [9.17, 15) is 39.0 Å². The molecule has 13 N–H and O–H groups in total. The quantitative estimate of drug-likeness (QED) is 0.0391. The molecule has 3 rings (SSSR count). The van der Waals surface area contributed by atoms with Crippen LogP contribution in [0.25, 0.3) is 10.9 Å². The van der Waals surface area contributed by atoms with E-state index in [-0.39, 0.29) is 44.6 Å². The molecule has 0 unspecified atom stereocenters. The lowest BCUT2D eigenvalue weighted by Crippen LogP contribution is -2.59. The molecular formula is C36H49N9O8. The molecule has 5 atom stereocenters. The normalized spacial score (nSPS) is 13.9. The summed E-state index contributed by atoms with van der Waals surface area (Å²) in [6.07, 6.45) is 1.14. The standard InChI is InChI=1S/C36H49N9O8/c1-20(2)30(35(52)53)45-34(51)28(18-22-19-41-25-12-7-6-11-23(22)25)44-32(49)26(13-8-16-40-36(38)39)43-33(50)27(14-15-29(46)47)42-31(48)24(37)17-21-9-4-3-5-10-21/h3-7,9-12,19-20,24,26-28,30,41H,8,13-18,37H2,1-2H3,(H,42,48)(H,43,50)(H,44,49)(H,45,51)(H,46,47)(H,52,53)(H4,38,39,40)/t24-,26-,27-,28-,30-/m0/s1. The number of fused-ring (bicyclic) bond motifs is 1. The molecule has 0 saturated carbocycles. The van der Waals surface area contributed by atoms with Crippen molar-refractivity contribution >= 4 is 52.4 Å². The Morgan fingerprint density at radius 2 is 1.34 bits per heavy atom. The molecule has 286 valence electrons. The van der Waals surface area contributed by atoms with Crippen molar-refractivity contribution in [1.29, 1.82) is 0 Å². The first-order valence-corrected chi connectivity index (χ1v) is 17.2. The average molecular weight is 736 g/mol. The summed E-state index contributed by atoms with van der Waals surface area (Å²) < 4.78 is 0. The molecule has 0 aliphatic rings. The predicted octanol–water partition coefficient (Wildman–Crippen LogP) is -0.121. The van der Waals surface area contributed by atoms with Crippen LogP contribution >= 0.6 is 0 Å². The molecule has 17 heteroatoms. The summed E-state index contributed by atoms with van der Waals surface area (Å²) in [6, 6.07) is 9.91. The number of hydrogen-bond donors (Lipinski definition) is 10. The van der Waals surface area contributed by atoms with Gasteiger partial charge in [0.1, 0.15) is 24.2 Å². The third-order valence-electron chi connectivity index (χ3n) is 8.46. The lowest BCUT2D eigenvalue weighted by Gasteiger charge is -2.27. The Hall–Kier alpha value is -5.97. The number of rotatable bonds is 21. The summed E-state index contributed by atoms with van der Waals surface area (Å²) in [4.78, 5) is 84.8. The van der Waals surface area contributed by atoms with Gasteiger partial charge in [0.15, 0.2) is 5.96 Å². The van der Waals surface area contributed by atoms with Crippen LogP contribution in [-0.2, 0) is 41.6 Å². The van der Waals surface area contributed by atoms with Crippen LogP contribution in [0.4, 0.5) is 0 Å². The number of H-pyrrole nitrogens is 1. The van der Waals surface area contributed by atoms with Crippen molar-refractivity contribution in [3.05, 3.63) is 71.9 Å². The molecule has 0 aliphatic heterocycles. The molecule has 1 heterocycles. The highest BCUT2D eigenvalue weighted by Gasteiger charge is 2.33. The number of amides is 4. The van der Waals surface area contributed by atoms with Gasteiger partial charge in [0, 0.05) is 36.5 Å². The molecule has 53 heavy (non-hydrogen) atoms. The number of hydrogen-bond acceptors (Lipinski definition) is 8. The fraction of sp³-hybridized carbons (Fsp3) is 0.417. The van der Waals surface area contributed by atoms with Gasteiger partial charge in [-0.3, -0.25) is 29.0 Å². The number of aliphatic carboxylic acids is 2. The first-order chi connectivity index (χ1) is 25.2. The topological polar surface area (TPSA) is 297 Å². The van der Waals surface area contributed by atoms with E-state index < -0.39 is 78.1 Å². The number of carbonyl (C=O) groups excluding carboxylic acids is 4. The molecule has 3 aromatic rings. The van der Waals surface area contributed by atoms with Crippen LogP contribution in [0.3, 0.4) is 0 Å². The highest BCUT2D eigenvalue weighted by atomic mass is 16.4. The summed E-state index contributed by atoms with van der Waals surface area (Å²) in [6.45, 7) is 3.34. The molecule has 0 saturated heterocycles. The third-order valence-corrected chi connectivity index (χ3v) is 8.46. The molecule has 0 bridgehead atoms. The Kier molecular flexibility index (Phi) is 15.8. The van der Waals surface area contributed by atoms with Gasteiger partial charge in [0.25, 0.3) is 0 Å². The number of nitrogens with one attached hydrogen (secondary N) is 5. The van der Waals surface area contributed by atoms with Crippen molar-refractivity contribution in [1.82, 2.24) is 26.3 Å². The van der Waals surface area contributed by atoms with E-state index in [0.29, 0.717) is 5.56 Å². The van der Waals surface area contributed by atoms with E-state index in [2.05, 4.69) is 31.2 Å². The Balaban J connectivity index is 1.88. The summed E-state index contributed by atoms with van der Waals surface area (Å²) >= 11 is 0. The Morgan fingerprint density at radius 1 is 0.755 bits per heavy atom. The number of carboxylic acid groups (broad SMARTS) is 2. The first-order valence-electron chi connectivity index (χ1n) is 17.2. The van der Waals surface area contributed by atoms with Crippen molar-refractivity contribution in [2.45, 2.75) is 82.6 Å². The number of para-hydroxylation sites is 1. The molecule has 17 nitrogen and oxygen atoms in total.